The van der Waals surface area contributed by atoms with Crippen molar-refractivity contribution in [1.82, 2.24) is 4.90 Å². The highest BCUT2D eigenvalue weighted by Gasteiger charge is 2.35. The quantitative estimate of drug-likeness (QED) is 0.235. The molecule has 1 atom stereocenters. The van der Waals surface area contributed by atoms with E-state index >= 15 is 0 Å². The van der Waals surface area contributed by atoms with E-state index in [4.69, 9.17) is 9.84 Å². The third kappa shape index (κ3) is 8.27. The van der Waals surface area contributed by atoms with Crippen LogP contribution in [0.15, 0.2) is 18.2 Å². The van der Waals surface area contributed by atoms with Gasteiger partial charge in [-0.25, -0.2) is 0 Å². The van der Waals surface area contributed by atoms with Crippen LogP contribution in [0.2, 0.25) is 0 Å². The Hall–Kier alpha value is -2.39. The van der Waals surface area contributed by atoms with Crippen molar-refractivity contribution in [3.63, 3.8) is 0 Å². The van der Waals surface area contributed by atoms with Crippen LogP contribution in [0.25, 0.3) is 0 Å². The minimum absolute atomic E-state index is 0.117. The molecular weight excluding hydrogens is 432 g/mol. The highest BCUT2D eigenvalue weighted by molar-refractivity contribution is 7.81. The fourth-order valence-electron chi connectivity index (χ4n) is 3.32. The molecule has 1 aliphatic heterocycles. The number of imide groups is 1. The van der Waals surface area contributed by atoms with E-state index in [0.717, 1.165) is 12.0 Å². The first-order chi connectivity index (χ1) is 15.2. The molecule has 0 saturated carbocycles. The summed E-state index contributed by atoms with van der Waals surface area (Å²) in [6.07, 6.45) is 2.07. The lowest BCUT2D eigenvalue weighted by Crippen LogP contribution is -2.31. The molecule has 3 amide bonds. The lowest BCUT2D eigenvalue weighted by Gasteiger charge is -2.15. The average molecular weight is 465 g/mol. The molecule has 0 aromatic heterocycles. The van der Waals surface area contributed by atoms with Gasteiger partial charge in [0, 0.05) is 31.7 Å². The molecule has 1 saturated heterocycles. The number of carboxylic acid groups (broad SMARTS) is 1. The Morgan fingerprint density at radius 1 is 1.28 bits per heavy atom. The number of nitrogens with one attached hydrogen (secondary N) is 1. The molecule has 1 unspecified atom stereocenters. The van der Waals surface area contributed by atoms with Crippen molar-refractivity contribution in [2.45, 2.75) is 64.2 Å². The summed E-state index contributed by atoms with van der Waals surface area (Å²) in [4.78, 5) is 48.4. The van der Waals surface area contributed by atoms with Crippen LogP contribution in [0, 0.1) is 5.92 Å². The molecule has 32 heavy (non-hydrogen) atoms. The molecule has 0 aliphatic carbocycles. The van der Waals surface area contributed by atoms with E-state index in [1.165, 1.54) is 4.90 Å². The van der Waals surface area contributed by atoms with Crippen molar-refractivity contribution in [1.29, 1.82) is 0 Å². The normalized spacial score (nSPS) is 16.1. The Kier molecular flexibility index (Phi) is 10.2. The molecule has 1 aliphatic rings. The second kappa shape index (κ2) is 12.6. The van der Waals surface area contributed by atoms with E-state index in [-0.39, 0.29) is 43.5 Å². The van der Waals surface area contributed by atoms with Crippen molar-refractivity contribution in [2.75, 3.05) is 18.5 Å². The number of hydrogen-bond donors (Lipinski definition) is 3. The van der Waals surface area contributed by atoms with Gasteiger partial charge in [-0.1, -0.05) is 26.0 Å². The van der Waals surface area contributed by atoms with Gasteiger partial charge in [0.25, 0.3) is 0 Å². The number of nitrogens with zero attached hydrogens (tertiary/aromatic N) is 1. The molecule has 1 fully saturated rings. The molecule has 9 heteroatoms. The number of unbranched alkanes of at least 4 members (excludes halogenated alkanes) is 1. The average Bonchev–Trinajstić information content (AvgIpc) is 2.95. The monoisotopic (exact) mass is 464 g/mol. The third-order valence-electron chi connectivity index (χ3n) is 5.15. The van der Waals surface area contributed by atoms with E-state index in [9.17, 15) is 19.2 Å². The highest BCUT2D eigenvalue weighted by atomic mass is 32.1. The van der Waals surface area contributed by atoms with E-state index in [1.54, 1.807) is 12.1 Å². The van der Waals surface area contributed by atoms with Gasteiger partial charge in [0.1, 0.15) is 0 Å². The molecule has 1 aromatic carbocycles. The number of hydrogen-bond acceptors (Lipinski definition) is 6. The number of aliphatic carboxylic acids is 1. The number of carbonyl (C=O) groups excluding carboxylic acids is 3. The topological polar surface area (TPSA) is 113 Å². The number of anilines is 1. The standard InChI is InChI=1S/C23H32N2O6S/c1-15(2)8-10-31-14-16-6-7-17(12-22(28)29)18(11-16)24-20(26)5-3-4-9-25-21(27)13-19(32)23(25)30/h6-7,11,15,19,32H,3-5,8-10,12-14H2,1-2H3,(H,24,26)(H,28,29). The molecule has 8 nitrogen and oxygen atoms in total. The van der Waals surface area contributed by atoms with Crippen molar-refractivity contribution in [2.24, 2.45) is 5.92 Å². The van der Waals surface area contributed by atoms with Crippen molar-refractivity contribution in [3.8, 4) is 0 Å². The molecule has 0 spiro atoms. The van der Waals surface area contributed by atoms with Crippen LogP contribution in [0.1, 0.15) is 57.1 Å². The molecule has 1 heterocycles. The molecule has 0 bridgehead atoms. The first-order valence-electron chi connectivity index (χ1n) is 10.9. The molecule has 2 N–H and O–H groups in total. The Balaban J connectivity index is 1.88. The van der Waals surface area contributed by atoms with Crippen LogP contribution in [0.4, 0.5) is 5.69 Å². The number of carboxylic acids is 1. The smallest absolute Gasteiger partial charge is 0.307 e. The van der Waals surface area contributed by atoms with Gasteiger partial charge in [0.2, 0.25) is 17.7 Å². The SMILES string of the molecule is CC(C)CCOCc1ccc(CC(=O)O)c(NC(=O)CCCCN2C(=O)CC(S)C2=O)c1. The van der Waals surface area contributed by atoms with Gasteiger partial charge in [0.05, 0.1) is 18.3 Å². The fraction of sp³-hybridized carbons (Fsp3) is 0.565. The number of carbonyl (C=O) groups is 4. The molecule has 2 rings (SSSR count). The number of benzene rings is 1. The van der Waals surface area contributed by atoms with Gasteiger partial charge in [-0.2, -0.15) is 12.6 Å². The zero-order valence-electron chi connectivity index (χ0n) is 18.6. The van der Waals surface area contributed by atoms with Gasteiger partial charge >= 0.3 is 5.97 Å². The summed E-state index contributed by atoms with van der Waals surface area (Å²) in [7, 11) is 0. The Morgan fingerprint density at radius 3 is 2.66 bits per heavy atom. The van der Waals surface area contributed by atoms with Gasteiger partial charge in [-0.15, -0.1) is 0 Å². The summed E-state index contributed by atoms with van der Waals surface area (Å²) >= 11 is 4.09. The van der Waals surface area contributed by atoms with Crippen molar-refractivity contribution >= 4 is 42.0 Å². The zero-order valence-corrected chi connectivity index (χ0v) is 19.5. The second-order valence-electron chi connectivity index (χ2n) is 8.41. The van der Waals surface area contributed by atoms with E-state index in [1.807, 2.05) is 6.07 Å². The van der Waals surface area contributed by atoms with Crippen LogP contribution < -0.4 is 5.32 Å². The maximum atomic E-state index is 12.4. The maximum Gasteiger partial charge on any atom is 0.307 e. The number of ether oxygens (including phenoxy) is 1. The molecular formula is C23H32N2O6S. The molecule has 176 valence electrons. The summed E-state index contributed by atoms with van der Waals surface area (Å²) in [6, 6.07) is 5.26. The zero-order chi connectivity index (χ0) is 23.7. The van der Waals surface area contributed by atoms with Crippen LogP contribution in [0.3, 0.4) is 0 Å². The van der Waals surface area contributed by atoms with Crippen molar-refractivity contribution < 1.29 is 29.0 Å². The summed E-state index contributed by atoms with van der Waals surface area (Å²) in [6.45, 7) is 5.53. The Labute approximate surface area is 194 Å². The minimum Gasteiger partial charge on any atom is -0.481 e. The summed E-state index contributed by atoms with van der Waals surface area (Å²) in [5.74, 6) is -1.20. The van der Waals surface area contributed by atoms with Gasteiger partial charge < -0.3 is 15.2 Å². The summed E-state index contributed by atoms with van der Waals surface area (Å²) in [5, 5.41) is 11.4. The first kappa shape index (κ1) is 25.9. The van der Waals surface area contributed by atoms with E-state index < -0.39 is 11.2 Å². The largest absolute Gasteiger partial charge is 0.481 e. The molecule has 0 radical (unpaired) electrons. The molecule has 1 aromatic rings. The van der Waals surface area contributed by atoms with Crippen LogP contribution in [-0.4, -0.2) is 52.1 Å². The van der Waals surface area contributed by atoms with E-state index in [0.29, 0.717) is 43.2 Å². The predicted octanol–water partition coefficient (Wildman–Crippen LogP) is 3.04. The maximum absolute atomic E-state index is 12.4. The number of rotatable bonds is 13. The number of thiol groups is 1. The minimum atomic E-state index is -0.983. The predicted molar refractivity (Wildman–Crippen MR) is 123 cm³/mol. The lowest BCUT2D eigenvalue weighted by molar-refractivity contribution is -0.138. The van der Waals surface area contributed by atoms with Crippen molar-refractivity contribution in [3.05, 3.63) is 29.3 Å². The number of likely N-dealkylation sites (tertiary alicyclic amines) is 1. The fourth-order valence-corrected chi connectivity index (χ4v) is 3.62. The van der Waals surface area contributed by atoms with Crippen LogP contribution >= 0.6 is 12.6 Å². The second-order valence-corrected chi connectivity index (χ2v) is 9.03. The Bertz CT molecular complexity index is 842. The van der Waals surface area contributed by atoms with Gasteiger partial charge in [-0.05, 0) is 42.4 Å². The van der Waals surface area contributed by atoms with Crippen LogP contribution in [-0.2, 0) is 36.9 Å². The highest BCUT2D eigenvalue weighted by Crippen LogP contribution is 2.21. The number of amides is 3. The first-order valence-corrected chi connectivity index (χ1v) is 11.4. The Morgan fingerprint density at radius 2 is 2.03 bits per heavy atom. The lowest BCUT2D eigenvalue weighted by atomic mass is 10.1. The van der Waals surface area contributed by atoms with E-state index in [2.05, 4.69) is 31.8 Å². The van der Waals surface area contributed by atoms with Crippen LogP contribution in [0.5, 0.6) is 0 Å². The third-order valence-corrected chi connectivity index (χ3v) is 5.56. The van der Waals surface area contributed by atoms with Gasteiger partial charge in [0.15, 0.2) is 0 Å². The van der Waals surface area contributed by atoms with Gasteiger partial charge in [-0.3, -0.25) is 24.1 Å². The summed E-state index contributed by atoms with van der Waals surface area (Å²) in [5.41, 5.74) is 1.83. The summed E-state index contributed by atoms with van der Waals surface area (Å²) < 4.78 is 5.67.